The van der Waals surface area contributed by atoms with E-state index < -0.39 is 8.07 Å². The van der Waals surface area contributed by atoms with E-state index in [1.165, 1.54) is 62.5 Å². The predicted octanol–water partition coefficient (Wildman–Crippen LogP) is 4.45. The molecule has 0 aromatic heterocycles. The molecule has 0 unspecified atom stereocenters. The third kappa shape index (κ3) is 11.0. The van der Waals surface area contributed by atoms with E-state index in [0.717, 1.165) is 12.8 Å². The Morgan fingerprint density at radius 3 is 1.61 bits per heavy atom. The topological polar surface area (TPSA) is 0 Å². The van der Waals surface area contributed by atoms with Gasteiger partial charge in [-0.25, -0.2) is 11.3 Å². The molecule has 41 heavy (non-hydrogen) atoms. The van der Waals surface area contributed by atoms with Gasteiger partial charge in [-0.1, -0.05) is 96.6 Å². The van der Waals surface area contributed by atoms with Crippen molar-refractivity contribution in [2.24, 2.45) is 0 Å². The van der Waals surface area contributed by atoms with Crippen molar-refractivity contribution < 1.29 is 49.0 Å². The summed E-state index contributed by atoms with van der Waals surface area (Å²) in [7, 11) is -0.981. The zero-order valence-corrected chi connectivity index (χ0v) is 31.3. The first kappa shape index (κ1) is 37.6. The molecule has 0 atom stereocenters. The number of allylic oxidation sites excluding steroid dienone is 4. The molecular weight excluding hydrogens is 635 g/mol. The van der Waals surface area contributed by atoms with E-state index >= 15 is 0 Å². The van der Waals surface area contributed by atoms with Crippen molar-refractivity contribution in [1.82, 2.24) is 0 Å². The SMILES string of the molecule is CC(C)(C)c1ccc2c(c1)[cH-]c1cc(C(C)(C)C)ccc12.C[Si](C)(C)C1=CC[C-]=C1.[Cl-].[Cl-].[Zr+2]=[CH]Cc1ccccc1. The average Bonchev–Trinajstić information content (AvgIpc) is 3.52. The Balaban J connectivity index is 0.000000351. The fourth-order valence-electron chi connectivity index (χ4n) is 4.61. The first-order valence-corrected chi connectivity index (χ1v) is 19.1. The van der Waals surface area contributed by atoms with E-state index in [1.807, 2.05) is 6.07 Å². The fourth-order valence-corrected chi connectivity index (χ4v) is 6.44. The summed E-state index contributed by atoms with van der Waals surface area (Å²) in [5, 5.41) is 7.03. The van der Waals surface area contributed by atoms with Crippen molar-refractivity contribution in [3.8, 4) is 0 Å². The van der Waals surface area contributed by atoms with Gasteiger partial charge in [-0.15, -0.1) is 46.2 Å². The molecule has 0 fully saturated rings. The number of benzene rings is 3. The molecule has 0 spiro atoms. The number of fused-ring (bicyclic) bond motifs is 3. The maximum atomic E-state index is 3.20. The molecule has 5 rings (SSSR count). The first-order chi connectivity index (χ1) is 18.2. The Kier molecular flexibility index (Phi) is 14.5. The zero-order chi connectivity index (χ0) is 28.8. The molecule has 4 aromatic carbocycles. The summed E-state index contributed by atoms with van der Waals surface area (Å²) < 4.78 is 2.25. The average molecular weight is 681 g/mol. The Morgan fingerprint density at radius 1 is 0.780 bits per heavy atom. The Hall–Kier alpha value is -1.44. The molecule has 1 aliphatic rings. The van der Waals surface area contributed by atoms with Gasteiger partial charge in [0.2, 0.25) is 0 Å². The third-order valence-corrected chi connectivity index (χ3v) is 9.76. The summed E-state index contributed by atoms with van der Waals surface area (Å²) in [4.78, 5) is 0. The summed E-state index contributed by atoms with van der Waals surface area (Å²) >= 11 is 1.51. The second-order valence-corrected chi connectivity index (χ2v) is 19.7. The van der Waals surface area contributed by atoms with Gasteiger partial charge in [-0.2, -0.15) is 6.08 Å². The van der Waals surface area contributed by atoms with Crippen molar-refractivity contribution in [3.63, 3.8) is 0 Å². The van der Waals surface area contributed by atoms with Crippen LogP contribution in [0.25, 0.3) is 21.5 Å². The van der Waals surface area contributed by atoms with Crippen molar-refractivity contribution in [3.05, 3.63) is 113 Å². The molecule has 0 saturated carbocycles. The van der Waals surface area contributed by atoms with Crippen LogP contribution in [0, 0.1) is 6.08 Å². The van der Waals surface area contributed by atoms with E-state index in [2.05, 4.69) is 150 Å². The van der Waals surface area contributed by atoms with Gasteiger partial charge in [-0.3, -0.25) is 6.08 Å². The molecule has 218 valence electrons. The number of rotatable bonds is 3. The Bertz CT molecular complexity index is 1390. The van der Waals surface area contributed by atoms with Gasteiger partial charge < -0.3 is 24.8 Å². The van der Waals surface area contributed by atoms with E-state index in [1.54, 1.807) is 5.20 Å². The number of halogens is 2. The van der Waals surface area contributed by atoms with Crippen molar-refractivity contribution in [2.75, 3.05) is 0 Å². The summed E-state index contributed by atoms with van der Waals surface area (Å²) in [5.74, 6) is 0. The van der Waals surface area contributed by atoms with Crippen LogP contribution in [0.4, 0.5) is 0 Å². The minimum atomic E-state index is -0.981. The van der Waals surface area contributed by atoms with E-state index in [-0.39, 0.29) is 35.6 Å². The number of hydrogen-bond donors (Lipinski definition) is 0. The van der Waals surface area contributed by atoms with Crippen molar-refractivity contribution in [1.29, 1.82) is 0 Å². The molecular formula is C37H46Cl2SiZr-2. The van der Waals surface area contributed by atoms with E-state index in [0.29, 0.717) is 0 Å². The monoisotopic (exact) mass is 678 g/mol. The second kappa shape index (κ2) is 15.9. The third-order valence-electron chi connectivity index (χ3n) is 7.18. The van der Waals surface area contributed by atoms with Gasteiger partial charge in [0.15, 0.2) is 0 Å². The standard InChI is InChI=1S/C21H25.C8H13Si.C8H8.2ClH.Zr/c1-20(2,3)16-7-9-18-14(12-16)11-15-13-17(21(4,5)6)8-10-19(15)18;1-9(2,3)8-6-4-5-7-8;1-2-8-6-4-3-5-7-8;;;/h7-13H,1-6H3;6-7H,4H2,1-3H3;1,3-7H,2H2;2*1H;/q2*-1;;;;+2/p-2. The van der Waals surface area contributed by atoms with Crippen molar-refractivity contribution >= 4 is 33.3 Å². The number of hydrogen-bond acceptors (Lipinski definition) is 0. The molecule has 4 aromatic rings. The van der Waals surface area contributed by atoms with Crippen LogP contribution in [0.3, 0.4) is 0 Å². The van der Waals surface area contributed by atoms with Gasteiger partial charge in [0.05, 0.1) is 0 Å². The molecule has 0 amide bonds. The Morgan fingerprint density at radius 2 is 1.27 bits per heavy atom. The zero-order valence-electron chi connectivity index (χ0n) is 26.3. The predicted molar refractivity (Wildman–Crippen MR) is 175 cm³/mol. The van der Waals surface area contributed by atoms with Gasteiger partial charge in [0.25, 0.3) is 0 Å². The van der Waals surface area contributed by atoms with Crippen LogP contribution in [0.2, 0.25) is 19.6 Å². The molecule has 0 heterocycles. The fraction of sp³-hybridized carbons (Fsp3) is 0.351. The van der Waals surface area contributed by atoms with Crippen LogP contribution in [-0.4, -0.2) is 11.8 Å². The molecule has 0 radical (unpaired) electrons. The summed E-state index contributed by atoms with van der Waals surface area (Å²) in [6, 6.07) is 26.7. The molecule has 0 nitrogen and oxygen atoms in total. The van der Waals surface area contributed by atoms with Gasteiger partial charge in [0, 0.05) is 0 Å². The molecule has 0 bridgehead atoms. The summed E-state index contributed by atoms with van der Waals surface area (Å²) in [6.45, 7) is 20.7. The molecule has 1 aliphatic carbocycles. The summed E-state index contributed by atoms with van der Waals surface area (Å²) in [6.07, 6.45) is 9.82. The second-order valence-electron chi connectivity index (χ2n) is 13.6. The quantitative estimate of drug-likeness (QED) is 0.222. The van der Waals surface area contributed by atoms with Crippen LogP contribution in [0.5, 0.6) is 0 Å². The molecule has 0 aliphatic heterocycles. The van der Waals surface area contributed by atoms with E-state index in [9.17, 15) is 0 Å². The molecule has 0 saturated heterocycles. The van der Waals surface area contributed by atoms with Crippen molar-refractivity contribution in [2.45, 2.75) is 84.9 Å². The molecule has 4 heteroatoms. The van der Waals surface area contributed by atoms with Crippen LogP contribution in [0.1, 0.15) is 64.7 Å². The van der Waals surface area contributed by atoms with Gasteiger partial charge in [0.1, 0.15) is 0 Å². The van der Waals surface area contributed by atoms with Crippen LogP contribution < -0.4 is 24.8 Å². The van der Waals surface area contributed by atoms with Crippen LogP contribution in [-0.2, 0) is 41.5 Å². The van der Waals surface area contributed by atoms with Crippen LogP contribution >= 0.6 is 0 Å². The minimum absolute atomic E-state index is 0. The maximum absolute atomic E-state index is 3.20. The Labute approximate surface area is 278 Å². The first-order valence-electron chi connectivity index (χ1n) is 14.1. The van der Waals surface area contributed by atoms with E-state index in [4.69, 9.17) is 0 Å². The molecule has 0 N–H and O–H groups in total. The normalized spacial score (nSPS) is 12.8. The van der Waals surface area contributed by atoms with Gasteiger partial charge >= 0.3 is 70.3 Å². The van der Waals surface area contributed by atoms with Gasteiger partial charge in [-0.05, 0) is 18.9 Å². The van der Waals surface area contributed by atoms with Crippen LogP contribution in [0.15, 0.2) is 90.1 Å². The summed E-state index contributed by atoms with van der Waals surface area (Å²) in [5.41, 5.74) is 4.62.